The molecule has 0 N–H and O–H groups in total. The second kappa shape index (κ2) is 14.2. The van der Waals surface area contributed by atoms with Crippen LogP contribution >= 0.6 is 0 Å². The van der Waals surface area contributed by atoms with Crippen molar-refractivity contribution >= 4 is 0 Å². The van der Waals surface area contributed by atoms with Crippen LogP contribution in [0.1, 0.15) is 120 Å². The molecule has 0 aliphatic heterocycles. The molecular weight excluding hydrogens is 456 g/mol. The zero-order chi connectivity index (χ0) is 33.2. The van der Waals surface area contributed by atoms with Crippen molar-refractivity contribution < 1.29 is 8.22 Å². The van der Waals surface area contributed by atoms with Crippen molar-refractivity contribution in [3.05, 3.63) is 105 Å². The lowest BCUT2D eigenvalue weighted by Crippen LogP contribution is -2.02. The highest BCUT2D eigenvalue weighted by molar-refractivity contribution is 5.40. The number of benzene rings is 3. The van der Waals surface area contributed by atoms with Gasteiger partial charge in [0.25, 0.3) is 0 Å². The third kappa shape index (κ3) is 10.4. The molecule has 3 rings (SSSR count). The zero-order valence-electron chi connectivity index (χ0n) is 31.3. The molecule has 0 atom stereocenters. The zero-order valence-corrected chi connectivity index (χ0v) is 25.3. The standard InChI is InChI=1S/C38H54/c1-26(2)10-11-31-17-33(13-28(5)6)20-36(18-31)24-38-22-34(14-29(7)8)21-37(25-38)23-35-16-30(9)15-32(19-35)12-27(3)4/h15-22,25-29H,10-14,23-24H2,1-9H3/i11D2,23D2,24D2. The summed E-state index contributed by atoms with van der Waals surface area (Å²) in [6.45, 7) is 18.8. The van der Waals surface area contributed by atoms with Gasteiger partial charge in [-0.2, -0.15) is 0 Å². The molecule has 0 heteroatoms. The van der Waals surface area contributed by atoms with E-state index in [-0.39, 0.29) is 5.92 Å². The number of hydrogen-bond donors (Lipinski definition) is 0. The van der Waals surface area contributed by atoms with Crippen LogP contribution in [0.5, 0.6) is 0 Å². The Morgan fingerprint density at radius 1 is 0.447 bits per heavy atom. The molecule has 0 unspecified atom stereocenters. The Morgan fingerprint density at radius 2 is 0.763 bits per heavy atom. The quantitative estimate of drug-likeness (QED) is 0.212. The second-order valence-electron chi connectivity index (χ2n) is 12.9. The second-order valence-corrected chi connectivity index (χ2v) is 12.9. The highest BCUT2D eigenvalue weighted by Crippen LogP contribution is 2.24. The van der Waals surface area contributed by atoms with E-state index in [0.717, 1.165) is 35.1 Å². The summed E-state index contributed by atoms with van der Waals surface area (Å²) < 4.78 is 55.4. The predicted octanol–water partition coefficient (Wildman–Crippen LogP) is 10.4. The van der Waals surface area contributed by atoms with Crippen molar-refractivity contribution in [2.24, 2.45) is 23.7 Å². The lowest BCUT2D eigenvalue weighted by atomic mass is 9.90. The van der Waals surface area contributed by atoms with E-state index in [1.807, 2.05) is 57.2 Å². The molecule has 3 aromatic carbocycles. The molecule has 0 amide bonds. The monoisotopic (exact) mass is 516 g/mol. The van der Waals surface area contributed by atoms with Gasteiger partial charge < -0.3 is 0 Å². The third-order valence-electron chi connectivity index (χ3n) is 6.35. The highest BCUT2D eigenvalue weighted by Gasteiger charge is 2.10. The molecule has 3 aromatic rings. The molecule has 0 fully saturated rings. The van der Waals surface area contributed by atoms with E-state index in [1.54, 1.807) is 12.1 Å². The summed E-state index contributed by atoms with van der Waals surface area (Å²) in [5.41, 5.74) is 6.32. The van der Waals surface area contributed by atoms with E-state index in [1.165, 1.54) is 0 Å². The summed E-state index contributed by atoms with van der Waals surface area (Å²) >= 11 is 0. The van der Waals surface area contributed by atoms with Crippen molar-refractivity contribution in [1.82, 2.24) is 0 Å². The molecule has 0 nitrogen and oxygen atoms in total. The minimum Gasteiger partial charge on any atom is -0.0628 e. The van der Waals surface area contributed by atoms with Crippen molar-refractivity contribution in [3.63, 3.8) is 0 Å². The van der Waals surface area contributed by atoms with Crippen LogP contribution in [0.3, 0.4) is 0 Å². The van der Waals surface area contributed by atoms with Crippen LogP contribution < -0.4 is 0 Å². The van der Waals surface area contributed by atoms with Gasteiger partial charge in [-0.25, -0.2) is 0 Å². The molecule has 0 aliphatic carbocycles. The Kier molecular flexibility index (Phi) is 8.37. The van der Waals surface area contributed by atoms with Crippen LogP contribution in [0.4, 0.5) is 0 Å². The first-order chi connectivity index (χ1) is 20.2. The van der Waals surface area contributed by atoms with Gasteiger partial charge in [-0.1, -0.05) is 116 Å². The van der Waals surface area contributed by atoms with Crippen LogP contribution in [0.25, 0.3) is 0 Å². The predicted molar refractivity (Wildman–Crippen MR) is 168 cm³/mol. The fourth-order valence-corrected chi connectivity index (χ4v) is 5.06. The highest BCUT2D eigenvalue weighted by atomic mass is 14.2. The van der Waals surface area contributed by atoms with Crippen molar-refractivity contribution in [1.29, 1.82) is 0 Å². The Bertz CT molecular complexity index is 1410. The van der Waals surface area contributed by atoms with E-state index < -0.39 is 19.1 Å². The summed E-state index contributed by atoms with van der Waals surface area (Å²) in [6.07, 6.45) is -2.72. The average molecular weight is 517 g/mol. The first-order valence-electron chi connectivity index (χ1n) is 17.6. The topological polar surface area (TPSA) is 0 Å². The van der Waals surface area contributed by atoms with Gasteiger partial charge in [-0.3, -0.25) is 0 Å². The van der Waals surface area contributed by atoms with Gasteiger partial charge >= 0.3 is 0 Å². The molecule has 0 aromatic heterocycles. The van der Waals surface area contributed by atoms with E-state index >= 15 is 0 Å². The van der Waals surface area contributed by atoms with Crippen LogP contribution in [-0.2, 0) is 38.4 Å². The Hall–Kier alpha value is -2.34. The van der Waals surface area contributed by atoms with Crippen molar-refractivity contribution in [3.8, 4) is 0 Å². The first kappa shape index (κ1) is 22.5. The Labute approximate surface area is 243 Å². The maximum atomic E-state index is 9.48. The molecule has 0 bridgehead atoms. The fraction of sp³-hybridized carbons (Fsp3) is 0.526. The van der Waals surface area contributed by atoms with Crippen molar-refractivity contribution in [2.45, 2.75) is 107 Å². The van der Waals surface area contributed by atoms with Gasteiger partial charge in [0.15, 0.2) is 0 Å². The summed E-state index contributed by atoms with van der Waals surface area (Å²) in [5, 5.41) is 0. The molecule has 0 spiro atoms. The van der Waals surface area contributed by atoms with Crippen LogP contribution in [0.2, 0.25) is 0 Å². The molecule has 38 heavy (non-hydrogen) atoms. The van der Waals surface area contributed by atoms with Crippen LogP contribution in [0.15, 0.2) is 54.6 Å². The summed E-state index contributed by atoms with van der Waals surface area (Å²) in [4.78, 5) is 0. The van der Waals surface area contributed by atoms with Gasteiger partial charge in [-0.15, -0.1) is 0 Å². The summed E-state index contributed by atoms with van der Waals surface area (Å²) in [7, 11) is 0. The van der Waals surface area contributed by atoms with Gasteiger partial charge in [0, 0.05) is 8.22 Å². The number of hydrogen-bond acceptors (Lipinski definition) is 0. The van der Waals surface area contributed by atoms with E-state index in [0.29, 0.717) is 58.4 Å². The molecule has 0 saturated carbocycles. The van der Waals surface area contributed by atoms with Crippen LogP contribution in [0, 0.1) is 30.6 Å². The maximum absolute atomic E-state index is 9.48. The third-order valence-corrected chi connectivity index (χ3v) is 6.35. The minimum absolute atomic E-state index is 0.152. The smallest absolute Gasteiger partial charge is 0.0366 e. The fourth-order valence-electron chi connectivity index (χ4n) is 5.06. The molecule has 0 aliphatic rings. The van der Waals surface area contributed by atoms with Gasteiger partial charge in [0.1, 0.15) is 0 Å². The van der Waals surface area contributed by atoms with Crippen LogP contribution in [-0.4, -0.2) is 0 Å². The average Bonchev–Trinajstić information content (AvgIpc) is 2.86. The minimum atomic E-state index is -1.96. The molecule has 206 valence electrons. The van der Waals surface area contributed by atoms with Gasteiger partial charge in [0.05, 0.1) is 0 Å². The number of rotatable bonds is 13. The normalized spacial score (nSPS) is 15.4. The molecule has 0 saturated heterocycles. The van der Waals surface area contributed by atoms with E-state index in [4.69, 9.17) is 2.74 Å². The lowest BCUT2D eigenvalue weighted by molar-refractivity contribution is 0.585. The maximum Gasteiger partial charge on any atom is 0.0366 e. The first-order valence-corrected chi connectivity index (χ1v) is 14.6. The summed E-state index contributed by atoms with van der Waals surface area (Å²) in [6, 6.07) is 17.0. The van der Waals surface area contributed by atoms with E-state index in [9.17, 15) is 5.48 Å². The van der Waals surface area contributed by atoms with Gasteiger partial charge in [-0.05, 0) is 120 Å². The lowest BCUT2D eigenvalue weighted by Gasteiger charge is -2.15. The van der Waals surface area contributed by atoms with Crippen molar-refractivity contribution in [2.75, 3.05) is 0 Å². The molecule has 0 radical (unpaired) electrons. The Balaban J connectivity index is 2.24. The largest absolute Gasteiger partial charge is 0.0628 e. The van der Waals surface area contributed by atoms with E-state index in [2.05, 4.69) is 47.6 Å². The Morgan fingerprint density at radius 3 is 1.18 bits per heavy atom. The summed E-state index contributed by atoms with van der Waals surface area (Å²) in [5.74, 6) is 1.25. The SMILES string of the molecule is [2H]C([2H])(CC(C)C)c1cc(CC(C)C)cc(C([2H])([2H])c2cc(CC(C)C)cc(C([2H])([2H])c3cc(C)cc(CC(C)C)c3)c2)c1. The molecule has 0 heterocycles. The number of aryl methyl sites for hydroxylation is 2. The van der Waals surface area contributed by atoms with Gasteiger partial charge in [0.2, 0.25) is 0 Å². The molecular formula is C38H54.